The van der Waals surface area contributed by atoms with Crippen LogP contribution in [0.1, 0.15) is 37.4 Å². The van der Waals surface area contributed by atoms with E-state index >= 15 is 0 Å². The summed E-state index contributed by atoms with van der Waals surface area (Å²) in [5, 5.41) is 11.4. The number of aliphatic hydroxyl groups excluding tert-OH is 1. The van der Waals surface area contributed by atoms with Gasteiger partial charge in [-0.25, -0.2) is 8.78 Å². The summed E-state index contributed by atoms with van der Waals surface area (Å²) >= 11 is 0. The maximum absolute atomic E-state index is 14.9. The van der Waals surface area contributed by atoms with Crippen LogP contribution in [0.15, 0.2) is 66.2 Å². The molecule has 1 unspecified atom stereocenters. The van der Waals surface area contributed by atoms with Crippen LogP contribution in [0.2, 0.25) is 0 Å². The summed E-state index contributed by atoms with van der Waals surface area (Å²) in [6.45, 7) is 4.48. The number of amides is 1. The SMILES string of the molecule is CCCOc1cccc(/C(O)=C2\C(=O)C(=O)N(c3ccc(F)cc3F)C2c2ccc(OC)c(OCC)c2)c1. The second-order valence-electron chi connectivity index (χ2n) is 8.48. The third kappa shape index (κ3) is 5.04. The van der Waals surface area contributed by atoms with E-state index in [1.165, 1.54) is 7.11 Å². The summed E-state index contributed by atoms with van der Waals surface area (Å²) in [6.07, 6.45) is 0.768. The summed E-state index contributed by atoms with van der Waals surface area (Å²) in [6, 6.07) is 12.6. The molecule has 1 amide bonds. The van der Waals surface area contributed by atoms with Crippen LogP contribution in [0.5, 0.6) is 17.2 Å². The van der Waals surface area contributed by atoms with Crippen molar-refractivity contribution < 1.29 is 37.7 Å². The van der Waals surface area contributed by atoms with E-state index in [4.69, 9.17) is 14.2 Å². The normalized spacial score (nSPS) is 16.6. The fourth-order valence-electron chi connectivity index (χ4n) is 4.31. The Morgan fingerprint density at radius 3 is 2.45 bits per heavy atom. The maximum atomic E-state index is 14.9. The van der Waals surface area contributed by atoms with Gasteiger partial charge in [-0.05, 0) is 55.3 Å². The quantitative estimate of drug-likeness (QED) is 0.217. The first-order chi connectivity index (χ1) is 18.3. The topological polar surface area (TPSA) is 85.3 Å². The molecular weight excluding hydrogens is 496 g/mol. The number of carbonyl (C=O) groups is 2. The molecule has 3 aromatic rings. The van der Waals surface area contributed by atoms with Gasteiger partial charge in [0.25, 0.3) is 11.7 Å². The number of rotatable bonds is 9. The molecule has 4 rings (SSSR count). The number of hydrogen-bond acceptors (Lipinski definition) is 6. The Bertz CT molecular complexity index is 1400. The van der Waals surface area contributed by atoms with Gasteiger partial charge in [0.05, 0.1) is 37.6 Å². The molecule has 198 valence electrons. The lowest BCUT2D eigenvalue weighted by atomic mass is 9.94. The zero-order valence-electron chi connectivity index (χ0n) is 21.2. The molecule has 1 saturated heterocycles. The Kier molecular flexibility index (Phi) is 7.95. The molecule has 0 bridgehead atoms. The lowest BCUT2D eigenvalue weighted by Crippen LogP contribution is -2.30. The molecule has 0 radical (unpaired) electrons. The Morgan fingerprint density at radius 2 is 1.76 bits per heavy atom. The van der Waals surface area contributed by atoms with Crippen molar-refractivity contribution >= 4 is 23.1 Å². The molecule has 0 saturated carbocycles. The average Bonchev–Trinajstić information content (AvgIpc) is 3.17. The molecule has 0 aromatic heterocycles. The number of carbonyl (C=O) groups excluding carboxylic acids is 2. The monoisotopic (exact) mass is 523 g/mol. The van der Waals surface area contributed by atoms with Crippen molar-refractivity contribution in [2.75, 3.05) is 25.2 Å². The number of anilines is 1. The molecular formula is C29H27F2NO6. The predicted molar refractivity (Wildman–Crippen MR) is 138 cm³/mol. The van der Waals surface area contributed by atoms with Crippen molar-refractivity contribution in [1.29, 1.82) is 0 Å². The molecule has 1 atom stereocenters. The van der Waals surface area contributed by atoms with Gasteiger partial charge >= 0.3 is 0 Å². The van der Waals surface area contributed by atoms with Crippen molar-refractivity contribution in [2.45, 2.75) is 26.3 Å². The number of nitrogens with zero attached hydrogens (tertiary/aromatic N) is 1. The minimum atomic E-state index is -1.25. The van der Waals surface area contributed by atoms with Crippen molar-refractivity contribution in [3.8, 4) is 17.2 Å². The third-order valence-electron chi connectivity index (χ3n) is 6.00. The Morgan fingerprint density at radius 1 is 0.974 bits per heavy atom. The van der Waals surface area contributed by atoms with E-state index in [0.29, 0.717) is 42.1 Å². The number of benzene rings is 3. The van der Waals surface area contributed by atoms with Gasteiger partial charge in [0.2, 0.25) is 0 Å². The minimum absolute atomic E-state index is 0.236. The van der Waals surface area contributed by atoms with Gasteiger partial charge < -0.3 is 19.3 Å². The number of methoxy groups -OCH3 is 1. The van der Waals surface area contributed by atoms with Crippen molar-refractivity contribution in [1.82, 2.24) is 0 Å². The largest absolute Gasteiger partial charge is 0.507 e. The standard InChI is InChI=1S/C29H27F2NO6/c1-4-13-38-20-8-6-7-18(14-20)27(33)25-26(17-9-12-23(36-3)24(15-17)37-5-2)32(29(35)28(25)34)22-11-10-19(30)16-21(22)31/h6-12,14-16,26,33H,4-5,13H2,1-3H3/b27-25+. The van der Waals surface area contributed by atoms with E-state index in [2.05, 4.69) is 0 Å². The first kappa shape index (κ1) is 26.7. The Balaban J connectivity index is 1.95. The smallest absolute Gasteiger partial charge is 0.300 e. The highest BCUT2D eigenvalue weighted by Crippen LogP contribution is 2.45. The average molecular weight is 524 g/mol. The lowest BCUT2D eigenvalue weighted by molar-refractivity contribution is -0.132. The molecule has 38 heavy (non-hydrogen) atoms. The van der Waals surface area contributed by atoms with Crippen LogP contribution >= 0.6 is 0 Å². The molecule has 1 heterocycles. The van der Waals surface area contributed by atoms with Gasteiger partial charge in [0.1, 0.15) is 23.1 Å². The lowest BCUT2D eigenvalue weighted by Gasteiger charge is -2.26. The number of Topliss-reactive ketones (excluding diaryl/α,β-unsaturated/α-hetero) is 1. The van der Waals surface area contributed by atoms with Crippen molar-refractivity contribution in [2.24, 2.45) is 0 Å². The van der Waals surface area contributed by atoms with E-state index in [0.717, 1.165) is 23.5 Å². The second kappa shape index (κ2) is 11.3. The highest BCUT2D eigenvalue weighted by molar-refractivity contribution is 6.51. The van der Waals surface area contributed by atoms with E-state index in [9.17, 15) is 23.5 Å². The first-order valence-corrected chi connectivity index (χ1v) is 12.1. The molecule has 1 fully saturated rings. The third-order valence-corrected chi connectivity index (χ3v) is 6.00. The Labute approximate surface area is 218 Å². The summed E-state index contributed by atoms with van der Waals surface area (Å²) in [5.74, 6) is -3.24. The molecule has 9 heteroatoms. The molecule has 1 aliphatic rings. The number of ether oxygens (including phenoxy) is 3. The van der Waals surface area contributed by atoms with Crippen LogP contribution in [-0.4, -0.2) is 37.1 Å². The molecule has 7 nitrogen and oxygen atoms in total. The zero-order chi connectivity index (χ0) is 27.4. The van der Waals surface area contributed by atoms with Crippen molar-refractivity contribution in [3.63, 3.8) is 0 Å². The number of aliphatic hydroxyl groups is 1. The van der Waals surface area contributed by atoms with Crippen LogP contribution in [0.3, 0.4) is 0 Å². The first-order valence-electron chi connectivity index (χ1n) is 12.1. The summed E-state index contributed by atoms with van der Waals surface area (Å²) < 4.78 is 45.3. The number of hydrogen-bond donors (Lipinski definition) is 1. The van der Waals surface area contributed by atoms with Crippen LogP contribution in [0.25, 0.3) is 5.76 Å². The number of halogens is 2. The molecule has 1 N–H and O–H groups in total. The van der Waals surface area contributed by atoms with Gasteiger partial charge in [-0.1, -0.05) is 25.1 Å². The van der Waals surface area contributed by atoms with E-state index in [1.54, 1.807) is 49.4 Å². The van der Waals surface area contributed by atoms with Gasteiger partial charge in [0, 0.05) is 11.6 Å². The summed E-state index contributed by atoms with van der Waals surface area (Å²) in [4.78, 5) is 27.6. The molecule has 0 aliphatic carbocycles. The van der Waals surface area contributed by atoms with E-state index < -0.39 is 35.1 Å². The molecule has 1 aliphatic heterocycles. The minimum Gasteiger partial charge on any atom is -0.507 e. The van der Waals surface area contributed by atoms with Crippen LogP contribution in [0.4, 0.5) is 14.5 Å². The maximum Gasteiger partial charge on any atom is 0.300 e. The van der Waals surface area contributed by atoms with Gasteiger partial charge in [-0.2, -0.15) is 0 Å². The highest BCUT2D eigenvalue weighted by atomic mass is 19.1. The molecule has 3 aromatic carbocycles. The molecule has 0 spiro atoms. The van der Waals surface area contributed by atoms with E-state index in [1.807, 2.05) is 6.92 Å². The fraction of sp³-hybridized carbons (Fsp3) is 0.241. The zero-order valence-corrected chi connectivity index (χ0v) is 21.2. The van der Waals surface area contributed by atoms with Crippen LogP contribution < -0.4 is 19.1 Å². The Hall–Kier alpha value is -4.40. The number of ketones is 1. The van der Waals surface area contributed by atoms with Crippen LogP contribution in [0, 0.1) is 11.6 Å². The van der Waals surface area contributed by atoms with Crippen molar-refractivity contribution in [3.05, 3.63) is 89.0 Å². The van der Waals surface area contributed by atoms with Gasteiger partial charge in [-0.15, -0.1) is 0 Å². The fourth-order valence-corrected chi connectivity index (χ4v) is 4.31. The van der Waals surface area contributed by atoms with Crippen LogP contribution in [-0.2, 0) is 9.59 Å². The summed E-state index contributed by atoms with van der Waals surface area (Å²) in [5.41, 5.74) is 0.00202. The van der Waals surface area contributed by atoms with Gasteiger partial charge in [-0.3, -0.25) is 14.5 Å². The summed E-state index contributed by atoms with van der Waals surface area (Å²) in [7, 11) is 1.46. The van der Waals surface area contributed by atoms with Gasteiger partial charge in [0.15, 0.2) is 11.5 Å². The van der Waals surface area contributed by atoms with E-state index in [-0.39, 0.29) is 16.8 Å². The second-order valence-corrected chi connectivity index (χ2v) is 8.48. The highest BCUT2D eigenvalue weighted by Gasteiger charge is 2.48. The predicted octanol–water partition coefficient (Wildman–Crippen LogP) is 5.79.